The van der Waals surface area contributed by atoms with Crippen LogP contribution in [0, 0.1) is 0 Å². The van der Waals surface area contributed by atoms with E-state index in [-0.39, 0.29) is 34.3 Å². The van der Waals surface area contributed by atoms with Crippen LogP contribution in [0.3, 0.4) is 0 Å². The topological polar surface area (TPSA) is 77.2 Å². The van der Waals surface area contributed by atoms with E-state index < -0.39 is 29.5 Å². The van der Waals surface area contributed by atoms with Gasteiger partial charge in [0.2, 0.25) is 10.9 Å². The van der Waals surface area contributed by atoms with Crippen LogP contribution in [-0.2, 0) is 12.6 Å². The number of rotatable bonds is 6. The minimum absolute atomic E-state index is 0.00547. The summed E-state index contributed by atoms with van der Waals surface area (Å²) in [5, 5.41) is 2.06. The average molecular weight is 459 g/mol. The average Bonchev–Trinajstić information content (AvgIpc) is 3.35. The third kappa shape index (κ3) is 5.26. The van der Waals surface area contributed by atoms with Crippen LogP contribution in [0.5, 0.6) is 5.75 Å². The number of carbonyl (C=O) groups excluding carboxylic acids is 1. The molecule has 3 rings (SSSR count). The Bertz CT molecular complexity index is 1130. The van der Waals surface area contributed by atoms with Crippen LogP contribution in [0.4, 0.5) is 27.1 Å². The van der Waals surface area contributed by atoms with E-state index in [1.165, 1.54) is 26.2 Å². The highest BCUT2D eigenvalue weighted by Crippen LogP contribution is 2.38. The predicted molar refractivity (Wildman–Crippen MR) is 102 cm³/mol. The van der Waals surface area contributed by atoms with Crippen LogP contribution in [0.15, 0.2) is 46.4 Å². The molecular formula is C19H14F5N3O3S. The van der Waals surface area contributed by atoms with Crippen molar-refractivity contribution in [3.63, 3.8) is 0 Å². The predicted octanol–water partition coefficient (Wildman–Crippen LogP) is 5.79. The van der Waals surface area contributed by atoms with Crippen molar-refractivity contribution in [3.8, 4) is 17.1 Å². The molecule has 0 unspecified atom stereocenters. The first kappa shape index (κ1) is 22.4. The van der Waals surface area contributed by atoms with E-state index in [1.807, 2.05) is 0 Å². The van der Waals surface area contributed by atoms with Gasteiger partial charge in [-0.1, -0.05) is 12.1 Å². The lowest BCUT2D eigenvalue weighted by Gasteiger charge is -2.05. The molecule has 0 aliphatic heterocycles. The van der Waals surface area contributed by atoms with Gasteiger partial charge in [0.1, 0.15) is 17.3 Å². The van der Waals surface area contributed by atoms with Crippen molar-refractivity contribution < 1.29 is 35.9 Å². The highest BCUT2D eigenvalue weighted by Gasteiger charge is 2.40. The molecule has 12 heteroatoms. The van der Waals surface area contributed by atoms with Gasteiger partial charge in [0.05, 0.1) is 12.7 Å². The van der Waals surface area contributed by atoms with Crippen molar-refractivity contribution in [2.24, 2.45) is 0 Å². The minimum atomic E-state index is -4.93. The van der Waals surface area contributed by atoms with Crippen molar-refractivity contribution in [2.75, 3.05) is 12.4 Å². The second-order valence-electron chi connectivity index (χ2n) is 6.27. The maximum absolute atomic E-state index is 13.4. The number of alkyl halides is 3. The lowest BCUT2D eigenvalue weighted by Crippen LogP contribution is -2.16. The van der Waals surface area contributed by atoms with E-state index in [0.717, 1.165) is 6.07 Å². The molecule has 1 N–H and O–H groups in total. The van der Waals surface area contributed by atoms with E-state index in [0.29, 0.717) is 17.3 Å². The summed E-state index contributed by atoms with van der Waals surface area (Å²) in [5.74, 6) is -2.40. The van der Waals surface area contributed by atoms with Crippen LogP contribution in [-0.4, -0.2) is 22.4 Å². The van der Waals surface area contributed by atoms with Gasteiger partial charge in [0.15, 0.2) is 0 Å². The summed E-state index contributed by atoms with van der Waals surface area (Å²) in [6, 6.07) is 7.07. The number of methoxy groups -OCH3 is 1. The van der Waals surface area contributed by atoms with Crippen LogP contribution >= 0.6 is 11.5 Å². The number of hydrogen-bond donors (Lipinski definition) is 1. The smallest absolute Gasteiger partial charge is 0.450 e. The van der Waals surface area contributed by atoms with Gasteiger partial charge in [0.25, 0.3) is 12.0 Å². The Balaban J connectivity index is 1.89. The number of carbonyl (C=O) groups is 1. The zero-order valence-corrected chi connectivity index (χ0v) is 16.8. The number of halogens is 5. The van der Waals surface area contributed by atoms with Crippen LogP contribution in [0.1, 0.15) is 28.9 Å². The van der Waals surface area contributed by atoms with Gasteiger partial charge in [-0.3, -0.25) is 10.1 Å². The van der Waals surface area contributed by atoms with E-state index in [4.69, 9.17) is 9.15 Å². The highest BCUT2D eigenvalue weighted by molar-refractivity contribution is 7.09. The number of amides is 1. The van der Waals surface area contributed by atoms with E-state index in [2.05, 4.69) is 14.7 Å². The summed E-state index contributed by atoms with van der Waals surface area (Å²) >= 11 is 0.659. The number of furan rings is 1. The molecule has 0 aliphatic rings. The maximum atomic E-state index is 13.4. The molecule has 3 aromatic rings. The molecule has 2 heterocycles. The molecule has 2 aromatic heterocycles. The monoisotopic (exact) mass is 459 g/mol. The van der Waals surface area contributed by atoms with Gasteiger partial charge in [-0.2, -0.15) is 26.3 Å². The number of nitrogens with one attached hydrogen (secondary N) is 1. The molecule has 31 heavy (non-hydrogen) atoms. The summed E-state index contributed by atoms with van der Waals surface area (Å²) in [6.45, 7) is 1.19. The van der Waals surface area contributed by atoms with E-state index in [9.17, 15) is 26.7 Å². The quantitative estimate of drug-likeness (QED) is 0.472. The molecular weight excluding hydrogens is 445 g/mol. The van der Waals surface area contributed by atoms with Crippen molar-refractivity contribution in [1.29, 1.82) is 0 Å². The Morgan fingerprint density at radius 2 is 2.00 bits per heavy atom. The first-order valence-corrected chi connectivity index (χ1v) is 9.36. The number of benzene rings is 1. The maximum Gasteiger partial charge on any atom is 0.450 e. The molecule has 0 bridgehead atoms. The fourth-order valence-corrected chi connectivity index (χ4v) is 3.12. The van der Waals surface area contributed by atoms with Crippen molar-refractivity contribution in [3.05, 3.63) is 59.1 Å². The third-order valence-electron chi connectivity index (χ3n) is 4.02. The zero-order chi connectivity index (χ0) is 22.8. The van der Waals surface area contributed by atoms with Gasteiger partial charge in [-0.25, -0.2) is 4.98 Å². The van der Waals surface area contributed by atoms with Crippen LogP contribution in [0.2, 0.25) is 0 Å². The molecule has 1 aromatic carbocycles. The molecule has 0 spiro atoms. The normalized spacial score (nSPS) is 11.3. The zero-order valence-electron chi connectivity index (χ0n) is 16.0. The summed E-state index contributed by atoms with van der Waals surface area (Å²) < 4.78 is 79.2. The number of aromatic nitrogens is 2. The van der Waals surface area contributed by atoms with Crippen molar-refractivity contribution in [2.45, 2.75) is 19.5 Å². The molecule has 0 atom stereocenters. The molecule has 6 nitrogen and oxygen atoms in total. The van der Waals surface area contributed by atoms with E-state index >= 15 is 0 Å². The largest absolute Gasteiger partial charge is 0.497 e. The second kappa shape index (κ2) is 8.84. The Morgan fingerprint density at radius 1 is 1.26 bits per heavy atom. The summed E-state index contributed by atoms with van der Waals surface area (Å²) in [4.78, 5) is 16.4. The lowest BCUT2D eigenvalue weighted by atomic mass is 10.1. The molecule has 164 valence electrons. The fraction of sp³-hybridized carbons (Fsp3) is 0.211. The Kier molecular flexibility index (Phi) is 6.39. The highest BCUT2D eigenvalue weighted by atomic mass is 32.1. The van der Waals surface area contributed by atoms with Crippen molar-refractivity contribution in [1.82, 2.24) is 9.36 Å². The number of ether oxygens (including phenoxy) is 1. The Hall–Kier alpha value is -3.28. The van der Waals surface area contributed by atoms with E-state index in [1.54, 1.807) is 12.1 Å². The van der Waals surface area contributed by atoms with Crippen LogP contribution in [0.25, 0.3) is 11.3 Å². The molecule has 0 fully saturated rings. The molecule has 0 radical (unpaired) electrons. The molecule has 0 aliphatic carbocycles. The fourth-order valence-electron chi connectivity index (χ4n) is 2.53. The Morgan fingerprint density at radius 3 is 2.65 bits per heavy atom. The second-order valence-corrected chi connectivity index (χ2v) is 7.02. The molecule has 0 saturated carbocycles. The van der Waals surface area contributed by atoms with Crippen molar-refractivity contribution >= 4 is 22.6 Å². The molecule has 1 amide bonds. The molecule has 0 saturated heterocycles. The van der Waals surface area contributed by atoms with Gasteiger partial charge >= 0.3 is 6.18 Å². The number of hydrogen-bond acceptors (Lipinski definition) is 6. The Labute approximate surface area is 176 Å². The number of allylic oxidation sites excluding steroid dienone is 1. The first-order chi connectivity index (χ1) is 14.6. The SMILES string of the molecule is COc1cccc(-c2cc(C(=O)Nc3nc(CC(C)=C(F)F)ns3)c(C(F)(F)F)o2)c1. The lowest BCUT2D eigenvalue weighted by molar-refractivity contribution is -0.153. The number of anilines is 1. The van der Waals surface area contributed by atoms with Crippen LogP contribution < -0.4 is 10.1 Å². The standard InChI is InChI=1S/C19H14F5N3O3S/c1-9(16(20)21)6-14-25-18(31-27-14)26-17(28)12-8-13(30-15(12)19(22,23)24)10-4-3-5-11(7-10)29-2/h3-5,7-8H,6H2,1-2H3,(H,25,26,27,28). The summed E-state index contributed by atoms with van der Waals surface area (Å²) in [7, 11) is 1.40. The van der Waals surface area contributed by atoms with Gasteiger partial charge in [-0.05, 0) is 30.7 Å². The summed E-state index contributed by atoms with van der Waals surface area (Å²) in [6.07, 6.45) is -7.07. The first-order valence-electron chi connectivity index (χ1n) is 8.58. The minimum Gasteiger partial charge on any atom is -0.497 e. The number of nitrogens with zero attached hydrogens (tertiary/aromatic N) is 2. The third-order valence-corrected chi connectivity index (χ3v) is 4.69. The summed E-state index contributed by atoms with van der Waals surface area (Å²) in [5.41, 5.74) is -0.738. The van der Waals surface area contributed by atoms with Gasteiger partial charge in [0, 0.05) is 23.5 Å². The van der Waals surface area contributed by atoms with Gasteiger partial charge in [-0.15, -0.1) is 0 Å². The van der Waals surface area contributed by atoms with Gasteiger partial charge < -0.3 is 9.15 Å².